The molecule has 0 saturated heterocycles. The Hall–Kier alpha value is -7.04. The van der Waals surface area contributed by atoms with Crippen molar-refractivity contribution in [2.75, 3.05) is 0 Å². The third-order valence-corrected chi connectivity index (χ3v) is 10.5. The molecular formula is C50H36N4. The van der Waals surface area contributed by atoms with E-state index in [2.05, 4.69) is 185 Å². The Morgan fingerprint density at radius 3 is 1.78 bits per heavy atom. The Bertz CT molecular complexity index is 3110. The molecule has 7 aromatic carbocycles. The zero-order chi connectivity index (χ0) is 36.2. The average Bonchev–Trinajstić information content (AvgIpc) is 3.82. The molecule has 4 heteroatoms. The maximum Gasteiger partial charge on any atom is 0.146 e. The first kappa shape index (κ1) is 31.7. The van der Waals surface area contributed by atoms with Gasteiger partial charge in [0.2, 0.25) is 0 Å². The third-order valence-electron chi connectivity index (χ3n) is 10.5. The van der Waals surface area contributed by atoms with E-state index in [1.165, 1.54) is 32.6 Å². The molecule has 11 aromatic rings. The highest BCUT2D eigenvalue weighted by atomic mass is 15.0. The second-order valence-corrected chi connectivity index (χ2v) is 13.4. The molecule has 0 unspecified atom stereocenters. The first-order valence-corrected chi connectivity index (χ1v) is 18.7. The van der Waals surface area contributed by atoms with E-state index in [0.29, 0.717) is 0 Å². The first-order valence-electron chi connectivity index (χ1n) is 18.7. The summed E-state index contributed by atoms with van der Waals surface area (Å²) in [7, 11) is 0. The van der Waals surface area contributed by atoms with Gasteiger partial charge in [0.15, 0.2) is 0 Å². The van der Waals surface area contributed by atoms with Crippen molar-refractivity contribution in [3.8, 4) is 39.3 Å². The van der Waals surface area contributed by atoms with Gasteiger partial charge in [-0.15, -0.1) is 0 Å². The van der Waals surface area contributed by atoms with Crippen LogP contribution < -0.4 is 0 Å². The summed E-state index contributed by atoms with van der Waals surface area (Å²) in [6.45, 7) is 4.00. The van der Waals surface area contributed by atoms with Crippen LogP contribution in [0.5, 0.6) is 0 Å². The number of nitrogens with zero attached hydrogens (tertiary/aromatic N) is 4. The highest BCUT2D eigenvalue weighted by Gasteiger charge is 2.21. The molecule has 0 saturated carbocycles. The predicted octanol–water partition coefficient (Wildman–Crippen LogP) is 13.3. The lowest BCUT2D eigenvalue weighted by Crippen LogP contribution is -1.98. The molecule has 0 radical (unpaired) electrons. The highest BCUT2D eigenvalue weighted by Crippen LogP contribution is 2.42. The molecule has 4 nitrogen and oxygen atoms in total. The van der Waals surface area contributed by atoms with Crippen LogP contribution in [-0.2, 0) is 0 Å². The van der Waals surface area contributed by atoms with Crippen LogP contribution >= 0.6 is 0 Å². The van der Waals surface area contributed by atoms with Gasteiger partial charge in [-0.2, -0.15) is 0 Å². The lowest BCUT2D eigenvalue weighted by Gasteiger charge is -2.15. The van der Waals surface area contributed by atoms with E-state index in [1.807, 2.05) is 19.9 Å². The summed E-state index contributed by atoms with van der Waals surface area (Å²) >= 11 is 0. The minimum absolute atomic E-state index is 0.935. The second-order valence-electron chi connectivity index (χ2n) is 13.4. The lowest BCUT2D eigenvalue weighted by molar-refractivity contribution is 1.18. The van der Waals surface area contributed by atoms with Crippen LogP contribution in [0.25, 0.3) is 99.5 Å². The number of pyridine rings is 2. The van der Waals surface area contributed by atoms with Crippen LogP contribution in [0.3, 0.4) is 0 Å². The van der Waals surface area contributed by atoms with Crippen LogP contribution in [-0.4, -0.2) is 18.9 Å². The molecule has 54 heavy (non-hydrogen) atoms. The molecule has 0 spiro atoms. The van der Waals surface area contributed by atoms with Crippen LogP contribution in [0.2, 0.25) is 0 Å². The van der Waals surface area contributed by atoms with Crippen LogP contribution in [0, 0.1) is 0 Å². The van der Waals surface area contributed by atoms with Gasteiger partial charge in [0.25, 0.3) is 0 Å². The number of hydrogen-bond acceptors (Lipinski definition) is 2. The molecule has 0 aliphatic heterocycles. The average molecular weight is 693 g/mol. The molecular weight excluding hydrogens is 657 g/mol. The Balaban J connectivity index is 0.00000178. The van der Waals surface area contributed by atoms with E-state index >= 15 is 0 Å². The van der Waals surface area contributed by atoms with Crippen molar-refractivity contribution in [1.82, 2.24) is 18.9 Å². The zero-order valence-corrected chi connectivity index (χ0v) is 30.1. The van der Waals surface area contributed by atoms with Gasteiger partial charge in [-0.3, -0.25) is 4.40 Å². The molecule has 0 aliphatic carbocycles. The second kappa shape index (κ2) is 12.9. The van der Waals surface area contributed by atoms with E-state index in [0.717, 1.165) is 66.9 Å². The maximum absolute atomic E-state index is 5.28. The van der Waals surface area contributed by atoms with E-state index in [4.69, 9.17) is 9.97 Å². The predicted molar refractivity (Wildman–Crippen MR) is 227 cm³/mol. The zero-order valence-electron chi connectivity index (χ0n) is 30.1. The monoisotopic (exact) mass is 692 g/mol. The molecule has 4 heterocycles. The van der Waals surface area contributed by atoms with Gasteiger partial charge in [-0.25, -0.2) is 9.97 Å². The Morgan fingerprint density at radius 1 is 0.389 bits per heavy atom. The summed E-state index contributed by atoms with van der Waals surface area (Å²) in [5, 5.41) is 5.98. The molecule has 11 rings (SSSR count). The maximum atomic E-state index is 5.28. The molecule has 256 valence electrons. The minimum Gasteiger partial charge on any atom is -0.309 e. The largest absolute Gasteiger partial charge is 0.309 e. The number of para-hydroxylation sites is 3. The number of imidazole rings is 1. The Morgan fingerprint density at radius 2 is 1.00 bits per heavy atom. The fourth-order valence-corrected chi connectivity index (χ4v) is 8.15. The smallest absolute Gasteiger partial charge is 0.146 e. The molecule has 4 aromatic heterocycles. The molecule has 0 fully saturated rings. The van der Waals surface area contributed by atoms with Gasteiger partial charge >= 0.3 is 0 Å². The summed E-state index contributed by atoms with van der Waals surface area (Å²) in [6, 6.07) is 64.8. The quantitative estimate of drug-likeness (QED) is 0.172. The molecule has 0 aliphatic rings. The fraction of sp³-hybridized carbons (Fsp3) is 0.0400. The summed E-state index contributed by atoms with van der Waals surface area (Å²) in [6.07, 6.45) is 0. The van der Waals surface area contributed by atoms with Gasteiger partial charge in [-0.1, -0.05) is 147 Å². The van der Waals surface area contributed by atoms with Crippen molar-refractivity contribution in [2.45, 2.75) is 13.8 Å². The summed E-state index contributed by atoms with van der Waals surface area (Å²) in [5.41, 5.74) is 14.0. The standard InChI is InChI=1S/C48H30N4.C2H6/c1-3-14-31(15-4-1)34-29-41(32-16-5-2-6-17-32)49-42(30-34)33-18-13-19-35(28-33)51-43-24-11-9-20-36(43)38-26-27-45-46(47(38)51)37-21-7-8-22-39(37)48-50-40-23-10-12-25-44(40)52(45)48;1-2/h1-30H;1-2H3. The minimum atomic E-state index is 0.935. The van der Waals surface area contributed by atoms with Gasteiger partial charge < -0.3 is 4.57 Å². The van der Waals surface area contributed by atoms with Gasteiger partial charge in [-0.05, 0) is 65.0 Å². The van der Waals surface area contributed by atoms with E-state index < -0.39 is 0 Å². The molecule has 0 atom stereocenters. The van der Waals surface area contributed by atoms with Crippen molar-refractivity contribution >= 4 is 60.2 Å². The number of aromatic nitrogens is 4. The Labute approximate surface area is 313 Å². The third kappa shape index (κ3) is 4.91. The summed E-state index contributed by atoms with van der Waals surface area (Å²) < 4.78 is 4.79. The number of hydrogen-bond donors (Lipinski definition) is 0. The van der Waals surface area contributed by atoms with Crippen molar-refractivity contribution in [1.29, 1.82) is 0 Å². The first-order chi connectivity index (χ1) is 26.8. The SMILES string of the molecule is CC.c1ccc(-c2cc(-c3ccccc3)nc(-c3cccc(-n4c5ccccc5c5ccc6c(c7ccccc7c7nc8ccccc8n67)c54)c3)c2)cc1. The van der Waals surface area contributed by atoms with E-state index in [9.17, 15) is 0 Å². The number of benzene rings is 7. The van der Waals surface area contributed by atoms with Gasteiger partial charge in [0, 0.05) is 38.4 Å². The van der Waals surface area contributed by atoms with Crippen LogP contribution in [0.1, 0.15) is 13.8 Å². The van der Waals surface area contributed by atoms with E-state index in [1.54, 1.807) is 0 Å². The Kier molecular flexibility index (Phi) is 7.55. The van der Waals surface area contributed by atoms with Crippen molar-refractivity contribution in [2.24, 2.45) is 0 Å². The lowest BCUT2D eigenvalue weighted by atomic mass is 10.00. The normalized spacial score (nSPS) is 11.5. The van der Waals surface area contributed by atoms with Gasteiger partial charge in [0.05, 0.1) is 39.0 Å². The van der Waals surface area contributed by atoms with Crippen LogP contribution in [0.15, 0.2) is 182 Å². The number of fused-ring (bicyclic) bond motifs is 12. The van der Waals surface area contributed by atoms with Crippen molar-refractivity contribution < 1.29 is 0 Å². The molecule has 0 N–H and O–H groups in total. The topological polar surface area (TPSA) is 35.1 Å². The molecule has 0 amide bonds. The fourth-order valence-electron chi connectivity index (χ4n) is 8.15. The van der Waals surface area contributed by atoms with Crippen LogP contribution in [0.4, 0.5) is 0 Å². The highest BCUT2D eigenvalue weighted by molar-refractivity contribution is 6.27. The molecule has 0 bridgehead atoms. The van der Waals surface area contributed by atoms with E-state index in [-0.39, 0.29) is 0 Å². The summed E-state index contributed by atoms with van der Waals surface area (Å²) in [4.78, 5) is 10.4. The van der Waals surface area contributed by atoms with Crippen molar-refractivity contribution in [3.63, 3.8) is 0 Å². The number of rotatable bonds is 4. The summed E-state index contributed by atoms with van der Waals surface area (Å²) in [5.74, 6) is 0. The van der Waals surface area contributed by atoms with Crippen molar-refractivity contribution in [3.05, 3.63) is 182 Å². The van der Waals surface area contributed by atoms with Gasteiger partial charge in [0.1, 0.15) is 5.65 Å².